The fraction of sp³-hybridized carbons (Fsp3) is 0.0909. The quantitative estimate of drug-likeness (QED) is 0.458. The monoisotopic (exact) mass is 412 g/mol. The Morgan fingerprint density at radius 1 is 1.40 bits per heavy atom. The molecule has 0 unspecified atom stereocenters. The number of nitrogens with one attached hydrogen (secondary N) is 1. The van der Waals surface area contributed by atoms with Crippen molar-refractivity contribution >= 4 is 51.1 Å². The number of hydrogen-bond acceptors (Lipinski definition) is 5. The molecule has 106 valence electrons. The number of hydrogen-bond donors (Lipinski definition) is 2. The average Bonchev–Trinajstić information content (AvgIpc) is 2.76. The number of anilines is 2. The Morgan fingerprint density at radius 3 is 2.75 bits per heavy atom. The predicted octanol–water partition coefficient (Wildman–Crippen LogP) is 3.79. The van der Waals surface area contributed by atoms with E-state index in [0.29, 0.717) is 14.5 Å². The number of hydrazone groups is 1. The Bertz CT molecular complexity index is 639. The number of nitrogens with zero attached hydrogens (tertiary/aromatic N) is 2. The Hall–Kier alpha value is -1.36. The van der Waals surface area contributed by atoms with E-state index in [4.69, 9.17) is 5.73 Å². The summed E-state index contributed by atoms with van der Waals surface area (Å²) < 4.78 is 39.1. The van der Waals surface area contributed by atoms with Crippen LogP contribution in [-0.4, -0.2) is 11.2 Å². The predicted molar refractivity (Wildman–Crippen MR) is 81.9 cm³/mol. The molecule has 0 fully saturated rings. The Kier molecular flexibility index (Phi) is 4.48. The number of halogens is 4. The van der Waals surface area contributed by atoms with Crippen molar-refractivity contribution in [1.82, 2.24) is 4.98 Å². The number of nitrogens with two attached hydrogens (primary N) is 1. The zero-order valence-electron chi connectivity index (χ0n) is 9.78. The summed E-state index contributed by atoms with van der Waals surface area (Å²) in [5.41, 5.74) is 7.21. The maximum atomic E-state index is 12.9. The first kappa shape index (κ1) is 15.0. The van der Waals surface area contributed by atoms with Gasteiger partial charge >= 0.3 is 6.18 Å². The molecule has 0 saturated carbocycles. The van der Waals surface area contributed by atoms with E-state index in [1.54, 1.807) is 11.4 Å². The van der Waals surface area contributed by atoms with Gasteiger partial charge in [0.25, 0.3) is 0 Å². The molecule has 1 heterocycles. The van der Waals surface area contributed by atoms with Crippen LogP contribution in [0, 0.1) is 3.57 Å². The SMILES string of the molecule is Nc1csc(NN=Cc2ccc(I)cc2C(F)(F)F)n1. The molecule has 0 aliphatic heterocycles. The highest BCUT2D eigenvalue weighted by molar-refractivity contribution is 14.1. The van der Waals surface area contributed by atoms with Gasteiger partial charge in [-0.1, -0.05) is 6.07 Å². The summed E-state index contributed by atoms with van der Waals surface area (Å²) in [5.74, 6) is 0.331. The van der Waals surface area contributed by atoms with Crippen molar-refractivity contribution in [3.63, 3.8) is 0 Å². The van der Waals surface area contributed by atoms with Gasteiger partial charge in [0.05, 0.1) is 11.8 Å². The largest absolute Gasteiger partial charge is 0.417 e. The van der Waals surface area contributed by atoms with Crippen LogP contribution in [0.25, 0.3) is 0 Å². The van der Waals surface area contributed by atoms with E-state index in [-0.39, 0.29) is 5.56 Å². The summed E-state index contributed by atoms with van der Waals surface area (Å²) in [6, 6.07) is 4.02. The lowest BCUT2D eigenvalue weighted by Crippen LogP contribution is -2.09. The highest BCUT2D eigenvalue weighted by Crippen LogP contribution is 2.32. The first-order chi connectivity index (χ1) is 9.36. The van der Waals surface area contributed by atoms with Crippen LogP contribution < -0.4 is 11.2 Å². The topological polar surface area (TPSA) is 63.3 Å². The molecule has 0 atom stereocenters. The third-order valence-corrected chi connectivity index (χ3v) is 3.64. The molecular formula is C11H8F3IN4S. The van der Waals surface area contributed by atoms with E-state index in [9.17, 15) is 13.2 Å². The highest BCUT2D eigenvalue weighted by Gasteiger charge is 2.33. The van der Waals surface area contributed by atoms with E-state index in [1.165, 1.54) is 17.4 Å². The van der Waals surface area contributed by atoms with Crippen LogP contribution in [0.15, 0.2) is 28.7 Å². The highest BCUT2D eigenvalue weighted by atomic mass is 127. The minimum Gasteiger partial charge on any atom is -0.383 e. The summed E-state index contributed by atoms with van der Waals surface area (Å²) in [7, 11) is 0. The van der Waals surface area contributed by atoms with Crippen LogP contribution in [0.3, 0.4) is 0 Å². The smallest absolute Gasteiger partial charge is 0.383 e. The van der Waals surface area contributed by atoms with Crippen molar-refractivity contribution in [2.75, 3.05) is 11.2 Å². The molecule has 20 heavy (non-hydrogen) atoms. The van der Waals surface area contributed by atoms with Crippen molar-refractivity contribution in [2.45, 2.75) is 6.18 Å². The average molecular weight is 412 g/mol. The number of alkyl halides is 3. The zero-order valence-corrected chi connectivity index (χ0v) is 12.8. The van der Waals surface area contributed by atoms with Crippen molar-refractivity contribution < 1.29 is 13.2 Å². The lowest BCUT2D eigenvalue weighted by molar-refractivity contribution is -0.137. The molecule has 0 spiro atoms. The summed E-state index contributed by atoms with van der Waals surface area (Å²) in [5, 5.41) is 5.76. The lowest BCUT2D eigenvalue weighted by atomic mass is 10.1. The first-order valence-corrected chi connectivity index (χ1v) is 7.19. The van der Waals surface area contributed by atoms with E-state index in [2.05, 4.69) is 15.5 Å². The van der Waals surface area contributed by atoms with Crippen LogP contribution >= 0.6 is 33.9 Å². The van der Waals surface area contributed by atoms with E-state index < -0.39 is 11.7 Å². The van der Waals surface area contributed by atoms with Gasteiger partial charge in [-0.2, -0.15) is 18.3 Å². The molecule has 0 aliphatic carbocycles. The Balaban J connectivity index is 2.20. The third kappa shape index (κ3) is 3.82. The third-order valence-electron chi connectivity index (χ3n) is 2.21. The molecule has 0 aliphatic rings. The number of aromatic nitrogens is 1. The Morgan fingerprint density at radius 2 is 2.15 bits per heavy atom. The molecule has 9 heteroatoms. The maximum Gasteiger partial charge on any atom is 0.417 e. The van der Waals surface area contributed by atoms with Gasteiger partial charge in [-0.05, 0) is 34.7 Å². The normalized spacial score (nSPS) is 12.0. The van der Waals surface area contributed by atoms with Gasteiger partial charge < -0.3 is 5.73 Å². The van der Waals surface area contributed by atoms with Crippen LogP contribution in [0.1, 0.15) is 11.1 Å². The van der Waals surface area contributed by atoms with Crippen molar-refractivity contribution in [3.8, 4) is 0 Å². The Labute approximate surface area is 130 Å². The molecule has 2 aromatic rings. The van der Waals surface area contributed by atoms with Gasteiger partial charge in [0.1, 0.15) is 5.82 Å². The van der Waals surface area contributed by atoms with Gasteiger partial charge in [-0.25, -0.2) is 4.98 Å². The number of thiazole rings is 1. The number of benzene rings is 1. The first-order valence-electron chi connectivity index (χ1n) is 5.23. The second kappa shape index (κ2) is 5.95. The van der Waals surface area contributed by atoms with Crippen LogP contribution in [0.5, 0.6) is 0 Å². The summed E-state index contributed by atoms with van der Waals surface area (Å²) in [6.45, 7) is 0. The van der Waals surface area contributed by atoms with Crippen LogP contribution in [0.4, 0.5) is 24.1 Å². The number of rotatable bonds is 3. The second-order valence-electron chi connectivity index (χ2n) is 3.68. The molecule has 3 N–H and O–H groups in total. The van der Waals surface area contributed by atoms with Crippen molar-refractivity contribution in [3.05, 3.63) is 38.3 Å². The lowest BCUT2D eigenvalue weighted by Gasteiger charge is -2.10. The second-order valence-corrected chi connectivity index (χ2v) is 5.78. The summed E-state index contributed by atoms with van der Waals surface area (Å²) in [6.07, 6.45) is -3.31. The van der Waals surface area contributed by atoms with Gasteiger partial charge in [0.15, 0.2) is 0 Å². The minimum atomic E-state index is -4.42. The molecule has 0 amide bonds. The summed E-state index contributed by atoms with van der Waals surface area (Å²) >= 11 is 3.04. The fourth-order valence-electron chi connectivity index (χ4n) is 1.38. The molecular weight excluding hydrogens is 404 g/mol. The fourth-order valence-corrected chi connectivity index (χ4v) is 2.42. The molecule has 1 aromatic carbocycles. The standard InChI is InChI=1S/C11H8F3IN4S/c12-11(13,14)8-3-7(15)2-1-6(8)4-17-19-10-18-9(16)5-20-10/h1-5H,16H2,(H,18,19). The molecule has 1 aromatic heterocycles. The minimum absolute atomic E-state index is 0.0186. The van der Waals surface area contributed by atoms with Gasteiger partial charge in [-0.3, -0.25) is 5.43 Å². The number of nitrogen functional groups attached to an aromatic ring is 1. The van der Waals surface area contributed by atoms with Gasteiger partial charge in [0.2, 0.25) is 5.13 Å². The molecule has 0 bridgehead atoms. The molecule has 4 nitrogen and oxygen atoms in total. The van der Waals surface area contributed by atoms with Crippen molar-refractivity contribution in [1.29, 1.82) is 0 Å². The zero-order chi connectivity index (χ0) is 14.8. The summed E-state index contributed by atoms with van der Waals surface area (Å²) in [4.78, 5) is 3.88. The van der Waals surface area contributed by atoms with Gasteiger partial charge in [0, 0.05) is 14.5 Å². The van der Waals surface area contributed by atoms with Crippen LogP contribution in [-0.2, 0) is 6.18 Å². The molecule has 2 rings (SSSR count). The molecule has 0 saturated heterocycles. The maximum absolute atomic E-state index is 12.9. The van der Waals surface area contributed by atoms with E-state index >= 15 is 0 Å². The van der Waals surface area contributed by atoms with E-state index in [0.717, 1.165) is 12.3 Å². The van der Waals surface area contributed by atoms with E-state index in [1.807, 2.05) is 22.6 Å². The van der Waals surface area contributed by atoms with Gasteiger partial charge in [-0.15, -0.1) is 11.3 Å². The molecule has 0 radical (unpaired) electrons. The van der Waals surface area contributed by atoms with Crippen molar-refractivity contribution in [2.24, 2.45) is 5.10 Å². The van der Waals surface area contributed by atoms with Crippen LogP contribution in [0.2, 0.25) is 0 Å².